The van der Waals surface area contributed by atoms with Gasteiger partial charge in [-0.15, -0.1) is 0 Å². The maximum Gasteiger partial charge on any atom is 0.244 e. The SMILES string of the molecule is C=C(N=C(c1ccc(N2CCN(C(C(=O)N(CC)CC)c3ccccc3)CC2)c(F)c1)N(C)N)C(C)C. The quantitative estimate of drug-likeness (QED) is 0.237. The van der Waals surface area contributed by atoms with Gasteiger partial charge in [-0.3, -0.25) is 14.7 Å². The molecule has 1 heterocycles. The molecule has 2 aromatic carbocycles. The summed E-state index contributed by atoms with van der Waals surface area (Å²) < 4.78 is 15.3. The number of carbonyl (C=O) groups excluding carboxylic acids is 1. The van der Waals surface area contributed by atoms with Gasteiger partial charge in [-0.25, -0.2) is 15.2 Å². The lowest BCUT2D eigenvalue weighted by Crippen LogP contribution is -2.52. The first-order valence-electron chi connectivity index (χ1n) is 13.1. The summed E-state index contributed by atoms with van der Waals surface area (Å²) in [6.45, 7) is 15.9. The zero-order valence-electron chi connectivity index (χ0n) is 22.8. The molecule has 7 nitrogen and oxygen atoms in total. The number of halogens is 1. The minimum atomic E-state index is -0.344. The highest BCUT2D eigenvalue weighted by Gasteiger charge is 2.33. The fourth-order valence-corrected chi connectivity index (χ4v) is 4.59. The van der Waals surface area contributed by atoms with Crippen LogP contribution in [0.5, 0.6) is 0 Å². The van der Waals surface area contributed by atoms with E-state index in [0.29, 0.717) is 62.1 Å². The molecule has 1 atom stereocenters. The van der Waals surface area contributed by atoms with Gasteiger partial charge in [-0.1, -0.05) is 50.8 Å². The molecule has 1 aliphatic rings. The van der Waals surface area contributed by atoms with E-state index in [2.05, 4.69) is 16.5 Å². The first kappa shape index (κ1) is 28.3. The Bertz CT molecular complexity index is 1090. The van der Waals surface area contributed by atoms with Gasteiger partial charge in [0.2, 0.25) is 5.91 Å². The lowest BCUT2D eigenvalue weighted by atomic mass is 10.0. The number of rotatable bonds is 9. The standard InChI is InChI=1S/C29H41FN6O/c1-7-34(8-2)29(37)27(23-12-10-9-11-13-23)36-18-16-35(17-19-36)26-15-14-24(20-25(26)30)28(33(6)31)32-22(5)21(3)4/h9-15,20-21,27H,5,7-8,16-19,31H2,1-4,6H3. The van der Waals surface area contributed by atoms with Crippen molar-refractivity contribution in [2.24, 2.45) is 16.8 Å². The number of amidine groups is 1. The maximum atomic E-state index is 15.3. The number of piperazine rings is 1. The molecule has 0 saturated carbocycles. The number of benzene rings is 2. The Morgan fingerprint density at radius 1 is 1.08 bits per heavy atom. The average molecular weight is 509 g/mol. The average Bonchev–Trinajstić information content (AvgIpc) is 2.89. The predicted molar refractivity (Wildman–Crippen MR) is 150 cm³/mol. The number of aliphatic imine (C=N–C) groups is 1. The molecule has 1 amide bonds. The van der Waals surface area contributed by atoms with E-state index in [1.165, 1.54) is 11.1 Å². The molecule has 1 saturated heterocycles. The molecule has 0 aliphatic carbocycles. The molecule has 37 heavy (non-hydrogen) atoms. The number of likely N-dealkylation sites (N-methyl/N-ethyl adjacent to an activating group) is 1. The van der Waals surface area contributed by atoms with E-state index in [-0.39, 0.29) is 23.7 Å². The Kier molecular flexibility index (Phi) is 9.83. The summed E-state index contributed by atoms with van der Waals surface area (Å²) in [5.41, 5.74) is 2.81. The van der Waals surface area contributed by atoms with Gasteiger partial charge in [-0.05, 0) is 43.5 Å². The van der Waals surface area contributed by atoms with Gasteiger partial charge >= 0.3 is 0 Å². The van der Waals surface area contributed by atoms with Crippen LogP contribution >= 0.6 is 0 Å². The van der Waals surface area contributed by atoms with Gasteiger partial charge in [0, 0.05) is 57.6 Å². The molecular formula is C29H41FN6O. The van der Waals surface area contributed by atoms with E-state index in [1.54, 1.807) is 13.1 Å². The number of anilines is 1. The summed E-state index contributed by atoms with van der Waals surface area (Å²) >= 11 is 0. The number of nitrogens with two attached hydrogens (primary N) is 1. The second kappa shape index (κ2) is 12.8. The van der Waals surface area contributed by atoms with Crippen molar-refractivity contribution >= 4 is 17.4 Å². The fourth-order valence-electron chi connectivity index (χ4n) is 4.59. The highest BCUT2D eigenvalue weighted by Crippen LogP contribution is 2.28. The van der Waals surface area contributed by atoms with Crippen molar-refractivity contribution in [2.45, 2.75) is 33.7 Å². The van der Waals surface area contributed by atoms with Crippen molar-refractivity contribution in [1.82, 2.24) is 14.8 Å². The predicted octanol–water partition coefficient (Wildman–Crippen LogP) is 4.28. The summed E-state index contributed by atoms with van der Waals surface area (Å²) in [4.78, 5) is 24.1. The van der Waals surface area contributed by atoms with Crippen molar-refractivity contribution < 1.29 is 9.18 Å². The molecule has 0 bridgehead atoms. The lowest BCUT2D eigenvalue weighted by molar-refractivity contribution is -0.137. The van der Waals surface area contributed by atoms with Crippen molar-refractivity contribution in [3.8, 4) is 0 Å². The normalized spacial score (nSPS) is 15.6. The van der Waals surface area contributed by atoms with Gasteiger partial charge in [-0.2, -0.15) is 0 Å². The van der Waals surface area contributed by atoms with Gasteiger partial charge in [0.05, 0.1) is 5.69 Å². The Labute approximate surface area is 221 Å². The van der Waals surface area contributed by atoms with Crippen molar-refractivity contribution in [3.05, 3.63) is 77.8 Å². The summed E-state index contributed by atoms with van der Waals surface area (Å²) in [5.74, 6) is 6.41. The largest absolute Gasteiger partial charge is 0.367 e. The number of hydrogen-bond acceptors (Lipinski definition) is 5. The third kappa shape index (κ3) is 6.76. The van der Waals surface area contributed by atoms with Crippen LogP contribution in [0, 0.1) is 11.7 Å². The second-order valence-electron chi connectivity index (χ2n) is 9.71. The molecule has 0 radical (unpaired) electrons. The molecule has 200 valence electrons. The Morgan fingerprint density at radius 2 is 1.70 bits per heavy atom. The number of carbonyl (C=O) groups is 1. The molecule has 2 N–H and O–H groups in total. The Hall–Kier alpha value is -3.23. The molecule has 1 unspecified atom stereocenters. The molecule has 1 fully saturated rings. The number of hydrazine groups is 1. The van der Waals surface area contributed by atoms with Crippen LogP contribution in [0.3, 0.4) is 0 Å². The van der Waals surface area contributed by atoms with Crippen molar-refractivity contribution in [2.75, 3.05) is 51.2 Å². The van der Waals surface area contributed by atoms with Crippen LogP contribution in [0.25, 0.3) is 0 Å². The number of amides is 1. The zero-order valence-corrected chi connectivity index (χ0v) is 22.8. The second-order valence-corrected chi connectivity index (χ2v) is 9.71. The first-order chi connectivity index (χ1) is 17.7. The monoisotopic (exact) mass is 508 g/mol. The molecular weight excluding hydrogens is 467 g/mol. The van der Waals surface area contributed by atoms with Crippen LogP contribution < -0.4 is 10.7 Å². The summed E-state index contributed by atoms with van der Waals surface area (Å²) in [7, 11) is 1.68. The number of hydrogen-bond donors (Lipinski definition) is 1. The third-order valence-corrected chi connectivity index (χ3v) is 6.90. The van der Waals surface area contributed by atoms with Crippen LogP contribution in [0.1, 0.15) is 44.9 Å². The first-order valence-corrected chi connectivity index (χ1v) is 13.1. The third-order valence-electron chi connectivity index (χ3n) is 6.90. The van der Waals surface area contributed by atoms with Crippen LogP contribution in [0.2, 0.25) is 0 Å². The summed E-state index contributed by atoms with van der Waals surface area (Å²) in [5, 5.41) is 1.39. The van der Waals surface area contributed by atoms with Crippen LogP contribution in [0.4, 0.5) is 10.1 Å². The molecule has 2 aromatic rings. The maximum absolute atomic E-state index is 15.3. The van der Waals surface area contributed by atoms with Gasteiger partial charge < -0.3 is 9.80 Å². The zero-order chi connectivity index (χ0) is 27.1. The Morgan fingerprint density at radius 3 is 2.22 bits per heavy atom. The van der Waals surface area contributed by atoms with Crippen LogP contribution in [0.15, 0.2) is 65.8 Å². The van der Waals surface area contributed by atoms with Gasteiger partial charge in [0.1, 0.15) is 17.7 Å². The van der Waals surface area contributed by atoms with E-state index in [4.69, 9.17) is 5.84 Å². The van der Waals surface area contributed by atoms with Gasteiger partial charge in [0.25, 0.3) is 0 Å². The van der Waals surface area contributed by atoms with E-state index < -0.39 is 0 Å². The van der Waals surface area contributed by atoms with E-state index in [0.717, 1.165) is 5.56 Å². The number of allylic oxidation sites excluding steroid dienone is 1. The highest BCUT2D eigenvalue weighted by molar-refractivity contribution is 5.99. The molecule has 1 aliphatic heterocycles. The van der Waals surface area contributed by atoms with E-state index in [1.807, 2.05) is 73.9 Å². The molecule has 0 aromatic heterocycles. The minimum Gasteiger partial charge on any atom is -0.367 e. The molecule has 0 spiro atoms. The molecule has 3 rings (SSSR count). The summed E-state index contributed by atoms with van der Waals surface area (Å²) in [6, 6.07) is 14.7. The Balaban J connectivity index is 1.79. The van der Waals surface area contributed by atoms with Crippen LogP contribution in [-0.2, 0) is 4.79 Å². The summed E-state index contributed by atoms with van der Waals surface area (Å²) in [6.07, 6.45) is 0. The fraction of sp³-hybridized carbons (Fsp3) is 0.448. The lowest BCUT2D eigenvalue weighted by Gasteiger charge is -2.41. The highest BCUT2D eigenvalue weighted by atomic mass is 19.1. The van der Waals surface area contributed by atoms with E-state index in [9.17, 15) is 4.79 Å². The van der Waals surface area contributed by atoms with Gasteiger partial charge in [0.15, 0.2) is 0 Å². The molecule has 8 heteroatoms. The number of nitrogens with zero attached hydrogens (tertiary/aromatic N) is 5. The van der Waals surface area contributed by atoms with Crippen molar-refractivity contribution in [1.29, 1.82) is 0 Å². The van der Waals surface area contributed by atoms with Crippen LogP contribution in [-0.4, -0.2) is 72.9 Å². The minimum absolute atomic E-state index is 0.112. The van der Waals surface area contributed by atoms with E-state index >= 15 is 4.39 Å². The topological polar surface area (TPSA) is 68.4 Å². The van der Waals surface area contributed by atoms with Crippen molar-refractivity contribution in [3.63, 3.8) is 0 Å². The smallest absolute Gasteiger partial charge is 0.244 e.